The van der Waals surface area contributed by atoms with Crippen LogP contribution in [0.15, 0.2) is 63.8 Å². The lowest BCUT2D eigenvalue weighted by Gasteiger charge is -2.15. The summed E-state index contributed by atoms with van der Waals surface area (Å²) in [6.45, 7) is 1.76. The molecule has 2 heterocycles. The van der Waals surface area contributed by atoms with Gasteiger partial charge in [0.25, 0.3) is 0 Å². The molecule has 1 unspecified atom stereocenters. The number of rotatable bonds is 7. The predicted octanol–water partition coefficient (Wildman–Crippen LogP) is 7.19. The van der Waals surface area contributed by atoms with E-state index in [1.54, 1.807) is 30.3 Å². The van der Waals surface area contributed by atoms with Gasteiger partial charge in [0.15, 0.2) is 5.58 Å². The first-order valence-electron chi connectivity index (χ1n) is 11.8. The fourth-order valence-corrected chi connectivity index (χ4v) is 5.75. The molecule has 5 nitrogen and oxygen atoms in total. The summed E-state index contributed by atoms with van der Waals surface area (Å²) in [5.74, 6) is 0.874. The fourth-order valence-electron chi connectivity index (χ4n) is 4.66. The minimum atomic E-state index is -0.522. The van der Waals surface area contributed by atoms with Crippen molar-refractivity contribution in [2.24, 2.45) is 0 Å². The van der Waals surface area contributed by atoms with E-state index in [4.69, 9.17) is 32.4 Å². The third-order valence-corrected chi connectivity index (χ3v) is 8.09. The summed E-state index contributed by atoms with van der Waals surface area (Å²) in [6.07, 6.45) is 3.89. The highest BCUT2D eigenvalue weighted by Gasteiger charge is 2.21. The van der Waals surface area contributed by atoms with Gasteiger partial charge in [0, 0.05) is 22.0 Å². The molecule has 0 bridgehead atoms. The lowest BCUT2D eigenvalue weighted by Crippen LogP contribution is -2.23. The second kappa shape index (κ2) is 11.0. The van der Waals surface area contributed by atoms with Crippen LogP contribution in [-0.4, -0.2) is 24.3 Å². The van der Waals surface area contributed by atoms with E-state index >= 15 is 0 Å². The first-order chi connectivity index (χ1) is 17.4. The second-order valence-corrected chi connectivity index (χ2v) is 10.8. The van der Waals surface area contributed by atoms with Crippen molar-refractivity contribution in [2.45, 2.75) is 31.7 Å². The largest absolute Gasteiger partial charge is 0.507 e. The Hall–Kier alpha value is -2.26. The second-order valence-electron chi connectivity index (χ2n) is 8.89. The van der Waals surface area contributed by atoms with Gasteiger partial charge in [-0.2, -0.15) is 0 Å². The molecule has 8 heteroatoms. The third kappa shape index (κ3) is 5.37. The zero-order valence-corrected chi connectivity index (χ0v) is 23.0. The smallest absolute Gasteiger partial charge is 0.344 e. The van der Waals surface area contributed by atoms with Gasteiger partial charge in [0.2, 0.25) is 0 Å². The number of phenols is 1. The number of benzene rings is 3. The molecule has 2 N–H and O–H groups in total. The van der Waals surface area contributed by atoms with Gasteiger partial charge in [-0.05, 0) is 102 Å². The summed E-state index contributed by atoms with van der Waals surface area (Å²) in [5, 5.41) is 15.3. The Balaban J connectivity index is 1.50. The van der Waals surface area contributed by atoms with E-state index in [1.165, 1.54) is 12.8 Å². The number of ether oxygens (including phenoxy) is 1. The maximum atomic E-state index is 13.3. The Morgan fingerprint density at radius 3 is 2.64 bits per heavy atom. The molecular formula is C28H24Cl2INO4. The zero-order chi connectivity index (χ0) is 25.2. The number of fused-ring (bicyclic) bond motifs is 1. The van der Waals surface area contributed by atoms with Crippen LogP contribution in [0, 0.1) is 3.57 Å². The molecule has 0 saturated carbocycles. The molecule has 1 fully saturated rings. The van der Waals surface area contributed by atoms with Crippen molar-refractivity contribution in [1.82, 2.24) is 5.32 Å². The van der Waals surface area contributed by atoms with Crippen molar-refractivity contribution in [2.75, 3.05) is 13.2 Å². The molecule has 0 aliphatic carbocycles. The van der Waals surface area contributed by atoms with Gasteiger partial charge < -0.3 is 19.6 Å². The lowest BCUT2D eigenvalue weighted by molar-refractivity contribution is 0.292. The van der Waals surface area contributed by atoms with Crippen LogP contribution in [0.3, 0.4) is 0 Å². The summed E-state index contributed by atoms with van der Waals surface area (Å²) in [4.78, 5) is 13.3. The molecule has 1 aromatic heterocycles. The van der Waals surface area contributed by atoms with Crippen LogP contribution in [0.25, 0.3) is 22.1 Å². The van der Waals surface area contributed by atoms with E-state index in [-0.39, 0.29) is 5.75 Å². The van der Waals surface area contributed by atoms with E-state index in [2.05, 4.69) is 5.32 Å². The summed E-state index contributed by atoms with van der Waals surface area (Å²) < 4.78 is 12.1. The number of aromatic hydroxyl groups is 1. The number of halogens is 3. The number of hydrogen-bond donors (Lipinski definition) is 2. The molecule has 5 rings (SSSR count). The van der Waals surface area contributed by atoms with Gasteiger partial charge in [-0.3, -0.25) is 0 Å². The van der Waals surface area contributed by atoms with Crippen LogP contribution in [0.4, 0.5) is 0 Å². The van der Waals surface area contributed by atoms with E-state index in [9.17, 15) is 9.90 Å². The SMILES string of the molecule is O=c1oc2c(I)c(O)ccc2c(Cc2ccc(OCCC3CCCN3)cc2)c1-c1ccc(Cl)cc1Cl. The van der Waals surface area contributed by atoms with Crippen molar-refractivity contribution in [1.29, 1.82) is 0 Å². The van der Waals surface area contributed by atoms with Crippen molar-refractivity contribution >= 4 is 56.8 Å². The van der Waals surface area contributed by atoms with Crippen molar-refractivity contribution in [3.8, 4) is 22.6 Å². The van der Waals surface area contributed by atoms with Gasteiger partial charge in [0.1, 0.15) is 11.5 Å². The fraction of sp³-hybridized carbons (Fsp3) is 0.250. The third-order valence-electron chi connectivity index (χ3n) is 6.50. The summed E-state index contributed by atoms with van der Waals surface area (Å²) >= 11 is 14.6. The maximum absolute atomic E-state index is 13.3. The average Bonchev–Trinajstić information content (AvgIpc) is 3.37. The van der Waals surface area contributed by atoms with Crippen LogP contribution in [0.1, 0.15) is 30.4 Å². The van der Waals surface area contributed by atoms with Crippen LogP contribution >= 0.6 is 45.8 Å². The van der Waals surface area contributed by atoms with Crippen LogP contribution in [-0.2, 0) is 6.42 Å². The molecule has 1 saturated heterocycles. The number of phenolic OH excluding ortho intramolecular Hbond substituents is 1. The molecule has 0 spiro atoms. The molecule has 1 aliphatic heterocycles. The Morgan fingerprint density at radius 2 is 1.92 bits per heavy atom. The molecule has 1 atom stereocenters. The molecule has 3 aromatic carbocycles. The van der Waals surface area contributed by atoms with Gasteiger partial charge in [-0.1, -0.05) is 41.4 Å². The minimum absolute atomic E-state index is 0.0591. The normalized spacial score (nSPS) is 15.5. The van der Waals surface area contributed by atoms with Gasteiger partial charge >= 0.3 is 5.63 Å². The monoisotopic (exact) mass is 635 g/mol. The van der Waals surface area contributed by atoms with Gasteiger partial charge in [0.05, 0.1) is 20.8 Å². The van der Waals surface area contributed by atoms with E-state index in [1.807, 2.05) is 46.9 Å². The first-order valence-corrected chi connectivity index (χ1v) is 13.6. The quantitative estimate of drug-likeness (QED) is 0.166. The number of hydrogen-bond acceptors (Lipinski definition) is 5. The van der Waals surface area contributed by atoms with Crippen molar-refractivity contribution in [3.05, 3.63) is 89.8 Å². The summed E-state index contributed by atoms with van der Waals surface area (Å²) in [5.41, 5.74) is 2.53. The Bertz CT molecular complexity index is 1460. The highest BCUT2D eigenvalue weighted by Crippen LogP contribution is 2.37. The van der Waals surface area contributed by atoms with E-state index in [0.29, 0.717) is 49.4 Å². The topological polar surface area (TPSA) is 71.7 Å². The zero-order valence-electron chi connectivity index (χ0n) is 19.3. The standard InChI is InChI=1S/C28H24Cl2INO4/c29-17-5-8-21(23(30)15-17)25-22(20-9-10-24(33)26(31)27(20)36-28(25)34)14-16-3-6-19(7-4-16)35-13-11-18-2-1-12-32-18/h3-10,15,18,32-33H,1-2,11-14H2. The molecule has 36 heavy (non-hydrogen) atoms. The van der Waals surface area contributed by atoms with Crippen molar-refractivity contribution in [3.63, 3.8) is 0 Å². The van der Waals surface area contributed by atoms with Crippen molar-refractivity contribution < 1.29 is 14.3 Å². The van der Waals surface area contributed by atoms with Gasteiger partial charge in [-0.15, -0.1) is 0 Å². The highest BCUT2D eigenvalue weighted by molar-refractivity contribution is 14.1. The average molecular weight is 636 g/mol. The predicted molar refractivity (Wildman–Crippen MR) is 153 cm³/mol. The molecule has 1 aliphatic rings. The summed E-state index contributed by atoms with van der Waals surface area (Å²) in [7, 11) is 0. The lowest BCUT2D eigenvalue weighted by atomic mass is 9.93. The Labute approximate surface area is 232 Å². The van der Waals surface area contributed by atoms with Crippen LogP contribution < -0.4 is 15.7 Å². The van der Waals surface area contributed by atoms with Gasteiger partial charge in [-0.25, -0.2) is 4.79 Å². The molecule has 0 amide bonds. The molecular weight excluding hydrogens is 612 g/mol. The Morgan fingerprint density at radius 1 is 1.11 bits per heavy atom. The first kappa shape index (κ1) is 25.4. The minimum Gasteiger partial charge on any atom is -0.507 e. The summed E-state index contributed by atoms with van der Waals surface area (Å²) in [6, 6.07) is 16.9. The van der Waals surface area contributed by atoms with E-state index in [0.717, 1.165) is 35.2 Å². The molecule has 0 radical (unpaired) electrons. The van der Waals surface area contributed by atoms with Crippen LogP contribution in [0.5, 0.6) is 11.5 Å². The molecule has 4 aromatic rings. The molecule has 186 valence electrons. The Kier molecular flexibility index (Phi) is 7.76. The van der Waals surface area contributed by atoms with Crippen LogP contribution in [0.2, 0.25) is 10.0 Å². The number of nitrogens with one attached hydrogen (secondary N) is 1. The highest BCUT2D eigenvalue weighted by atomic mass is 127. The maximum Gasteiger partial charge on any atom is 0.344 e. The van der Waals surface area contributed by atoms with E-state index < -0.39 is 5.63 Å².